The van der Waals surface area contributed by atoms with E-state index in [1.54, 1.807) is 11.3 Å². The molecule has 1 fully saturated rings. The third-order valence-electron chi connectivity index (χ3n) is 6.27. The van der Waals surface area contributed by atoms with Gasteiger partial charge >= 0.3 is 0 Å². The number of rotatable bonds is 6. The van der Waals surface area contributed by atoms with Crippen LogP contribution in [0.4, 0.5) is 5.69 Å². The third kappa shape index (κ3) is 4.83. The zero-order valence-corrected chi connectivity index (χ0v) is 20.8. The van der Waals surface area contributed by atoms with Crippen LogP contribution in [0.2, 0.25) is 0 Å². The van der Waals surface area contributed by atoms with Crippen molar-refractivity contribution in [2.45, 2.75) is 26.4 Å². The number of amides is 1. The molecule has 176 valence electrons. The molecule has 0 aliphatic carbocycles. The van der Waals surface area contributed by atoms with Crippen LogP contribution in [0.5, 0.6) is 0 Å². The second kappa shape index (κ2) is 9.79. The quantitative estimate of drug-likeness (QED) is 0.421. The van der Waals surface area contributed by atoms with Gasteiger partial charge in [-0.3, -0.25) is 19.4 Å². The van der Waals surface area contributed by atoms with Crippen LogP contribution in [0, 0.1) is 6.92 Å². The smallest absolute Gasteiger partial charge is 0.260 e. The average molecular weight is 494 g/mol. The number of piperazine rings is 1. The van der Waals surface area contributed by atoms with Crippen LogP contribution in [0.25, 0.3) is 20.7 Å². The first kappa shape index (κ1) is 22.9. The van der Waals surface area contributed by atoms with Crippen molar-refractivity contribution in [2.24, 2.45) is 0 Å². The van der Waals surface area contributed by atoms with Crippen molar-refractivity contribution in [1.29, 1.82) is 0 Å². The van der Waals surface area contributed by atoms with Crippen LogP contribution in [-0.4, -0.2) is 57.9 Å². The van der Waals surface area contributed by atoms with Gasteiger partial charge in [0, 0.05) is 47.7 Å². The average Bonchev–Trinajstić information content (AvgIpc) is 3.49. The predicted octanol–water partition coefficient (Wildman–Crippen LogP) is 4.17. The van der Waals surface area contributed by atoms with E-state index in [9.17, 15) is 9.59 Å². The maximum atomic E-state index is 12.9. The largest absolute Gasteiger partial charge is 0.325 e. The first-order chi connectivity index (χ1) is 16.5. The fourth-order valence-corrected chi connectivity index (χ4v) is 6.12. The lowest BCUT2D eigenvalue weighted by molar-refractivity contribution is -0.121. The number of carbonyl (C=O) groups is 1. The lowest BCUT2D eigenvalue weighted by Crippen LogP contribution is -2.52. The van der Waals surface area contributed by atoms with E-state index in [1.165, 1.54) is 11.3 Å². The molecular weight excluding hydrogens is 466 g/mol. The van der Waals surface area contributed by atoms with Crippen LogP contribution in [-0.2, 0) is 11.3 Å². The molecule has 0 unspecified atom stereocenters. The van der Waals surface area contributed by atoms with E-state index in [4.69, 9.17) is 4.98 Å². The maximum absolute atomic E-state index is 12.9. The van der Waals surface area contributed by atoms with Crippen LogP contribution in [0.15, 0.2) is 52.0 Å². The summed E-state index contributed by atoms with van der Waals surface area (Å²) in [7, 11) is 0. The molecule has 1 amide bonds. The molecule has 2 N–H and O–H groups in total. The summed E-state index contributed by atoms with van der Waals surface area (Å²) in [6.45, 7) is 7.76. The molecule has 9 heteroatoms. The summed E-state index contributed by atoms with van der Waals surface area (Å²) in [6, 6.07) is 11.7. The van der Waals surface area contributed by atoms with E-state index in [0.717, 1.165) is 52.7 Å². The van der Waals surface area contributed by atoms with Gasteiger partial charge in [0.25, 0.3) is 5.56 Å². The summed E-state index contributed by atoms with van der Waals surface area (Å²) in [5, 5.41) is 7.73. The van der Waals surface area contributed by atoms with Crippen molar-refractivity contribution in [3.63, 3.8) is 0 Å². The molecule has 5 rings (SSSR count). The monoisotopic (exact) mass is 493 g/mol. The molecule has 1 aromatic carbocycles. The van der Waals surface area contributed by atoms with E-state index in [2.05, 4.69) is 20.1 Å². The van der Waals surface area contributed by atoms with Crippen molar-refractivity contribution in [3.8, 4) is 10.4 Å². The molecule has 0 radical (unpaired) electrons. The molecule has 1 saturated heterocycles. The first-order valence-corrected chi connectivity index (χ1v) is 13.1. The number of aromatic amines is 1. The normalized spacial score (nSPS) is 16.1. The van der Waals surface area contributed by atoms with Crippen LogP contribution in [0.1, 0.15) is 18.3 Å². The summed E-state index contributed by atoms with van der Waals surface area (Å²) in [5.74, 6) is 0.700. The van der Waals surface area contributed by atoms with Gasteiger partial charge in [0.05, 0.1) is 18.0 Å². The number of anilines is 1. The molecule has 3 aromatic heterocycles. The summed E-state index contributed by atoms with van der Waals surface area (Å²) in [6.07, 6.45) is 0. The van der Waals surface area contributed by atoms with Crippen molar-refractivity contribution < 1.29 is 4.79 Å². The molecule has 34 heavy (non-hydrogen) atoms. The molecule has 0 bridgehead atoms. The highest BCUT2D eigenvalue weighted by molar-refractivity contribution is 7.18. The number of benzene rings is 1. The number of aryl methyl sites for hydroxylation is 1. The fraction of sp³-hybridized carbons (Fsp3) is 0.320. The Morgan fingerprint density at radius 2 is 2.00 bits per heavy atom. The summed E-state index contributed by atoms with van der Waals surface area (Å²) in [4.78, 5) is 39.7. The molecular formula is C25H27N5O2S2. The van der Waals surface area contributed by atoms with Gasteiger partial charge in [0.2, 0.25) is 5.91 Å². The third-order valence-corrected chi connectivity index (χ3v) is 8.05. The summed E-state index contributed by atoms with van der Waals surface area (Å²) < 4.78 is 0. The highest BCUT2D eigenvalue weighted by atomic mass is 32.1. The number of fused-ring (bicyclic) bond motifs is 1. The number of nitrogens with one attached hydrogen (secondary N) is 2. The standard InChI is InChI=1S/C25H27N5O2S2/c1-16-5-3-6-18(13-16)26-23(31)17(2)30-10-8-29(9-11-30)14-21-27-24(32)22-19(15-34-25(22)28-21)20-7-4-12-33-20/h3-7,12-13,15,17H,8-11,14H2,1-2H3,(H,26,31)(H,27,28,32)/t17-/m1/s1. The lowest BCUT2D eigenvalue weighted by Gasteiger charge is -2.37. The highest BCUT2D eigenvalue weighted by Crippen LogP contribution is 2.33. The summed E-state index contributed by atoms with van der Waals surface area (Å²) in [5.41, 5.74) is 2.83. The molecule has 1 aliphatic heterocycles. The Bertz CT molecular complexity index is 1350. The Morgan fingerprint density at radius 3 is 2.74 bits per heavy atom. The number of H-pyrrole nitrogens is 1. The molecule has 0 spiro atoms. The Morgan fingerprint density at radius 1 is 1.18 bits per heavy atom. The molecule has 1 atom stereocenters. The van der Waals surface area contributed by atoms with E-state index in [1.807, 2.05) is 61.0 Å². The van der Waals surface area contributed by atoms with Gasteiger partial charge in [-0.15, -0.1) is 22.7 Å². The second-order valence-corrected chi connectivity index (χ2v) is 10.5. The topological polar surface area (TPSA) is 81.3 Å². The second-order valence-electron chi connectivity index (χ2n) is 8.67. The molecule has 7 nitrogen and oxygen atoms in total. The Kier molecular flexibility index (Phi) is 6.60. The van der Waals surface area contributed by atoms with E-state index >= 15 is 0 Å². The lowest BCUT2D eigenvalue weighted by atomic mass is 10.2. The van der Waals surface area contributed by atoms with Crippen molar-refractivity contribution in [1.82, 2.24) is 19.8 Å². The minimum Gasteiger partial charge on any atom is -0.325 e. The number of hydrogen-bond donors (Lipinski definition) is 2. The van der Waals surface area contributed by atoms with Gasteiger partial charge in [-0.1, -0.05) is 18.2 Å². The Labute approximate surface area is 206 Å². The first-order valence-electron chi connectivity index (χ1n) is 11.4. The number of hydrogen-bond acceptors (Lipinski definition) is 7. The Hall–Kier alpha value is -2.85. The van der Waals surface area contributed by atoms with Gasteiger partial charge < -0.3 is 10.3 Å². The minimum atomic E-state index is -0.210. The predicted molar refractivity (Wildman–Crippen MR) is 140 cm³/mol. The summed E-state index contributed by atoms with van der Waals surface area (Å²) >= 11 is 3.14. The molecule has 4 heterocycles. The van der Waals surface area contributed by atoms with Crippen LogP contribution in [0.3, 0.4) is 0 Å². The van der Waals surface area contributed by atoms with Gasteiger partial charge in [0.1, 0.15) is 10.7 Å². The van der Waals surface area contributed by atoms with Gasteiger partial charge in [0.15, 0.2) is 0 Å². The van der Waals surface area contributed by atoms with E-state index < -0.39 is 0 Å². The zero-order chi connectivity index (χ0) is 23.7. The SMILES string of the molecule is Cc1cccc(NC(=O)[C@@H](C)N2CCN(Cc3nc4scc(-c5cccs5)c4c(=O)[nH]3)CC2)c1. The number of thiophene rings is 2. The number of nitrogens with zero attached hydrogens (tertiary/aromatic N) is 3. The highest BCUT2D eigenvalue weighted by Gasteiger charge is 2.26. The fourth-order valence-electron chi connectivity index (χ4n) is 4.34. The van der Waals surface area contributed by atoms with Crippen molar-refractivity contribution in [2.75, 3.05) is 31.5 Å². The van der Waals surface area contributed by atoms with Gasteiger partial charge in [-0.05, 0) is 43.0 Å². The van der Waals surface area contributed by atoms with Crippen molar-refractivity contribution in [3.05, 3.63) is 68.9 Å². The molecule has 1 aliphatic rings. The molecule has 4 aromatic rings. The maximum Gasteiger partial charge on any atom is 0.260 e. The Balaban J connectivity index is 1.20. The number of aromatic nitrogens is 2. The van der Waals surface area contributed by atoms with E-state index in [-0.39, 0.29) is 17.5 Å². The van der Waals surface area contributed by atoms with Gasteiger partial charge in [-0.2, -0.15) is 0 Å². The molecule has 0 saturated carbocycles. The van der Waals surface area contributed by atoms with E-state index in [0.29, 0.717) is 17.8 Å². The van der Waals surface area contributed by atoms with Crippen LogP contribution < -0.4 is 10.9 Å². The minimum absolute atomic E-state index is 0.00902. The van der Waals surface area contributed by atoms with Gasteiger partial charge in [-0.25, -0.2) is 4.98 Å². The van der Waals surface area contributed by atoms with Crippen LogP contribution >= 0.6 is 22.7 Å². The van der Waals surface area contributed by atoms with Crippen molar-refractivity contribution >= 4 is 44.5 Å². The number of carbonyl (C=O) groups excluding carboxylic acids is 1. The zero-order valence-electron chi connectivity index (χ0n) is 19.2.